The predicted molar refractivity (Wildman–Crippen MR) is 52.9 cm³/mol. The van der Waals surface area contributed by atoms with Gasteiger partial charge in [-0.05, 0) is 12.8 Å². The highest BCUT2D eigenvalue weighted by molar-refractivity contribution is 7.99. The molecule has 1 atom stereocenters. The number of carboxylic acid groups (broad SMARTS) is 1. The molecule has 1 N–H and O–H groups in total. The number of hydrogen-bond acceptors (Lipinski definition) is 3. The zero-order valence-corrected chi connectivity index (χ0v) is 8.63. The van der Waals surface area contributed by atoms with Crippen LogP contribution < -0.4 is 0 Å². The van der Waals surface area contributed by atoms with Crippen LogP contribution in [-0.2, 0) is 9.59 Å². The van der Waals surface area contributed by atoms with Crippen molar-refractivity contribution < 1.29 is 14.7 Å². The highest BCUT2D eigenvalue weighted by Gasteiger charge is 2.39. The van der Waals surface area contributed by atoms with Crippen molar-refractivity contribution >= 4 is 23.6 Å². The normalized spacial score (nSPS) is 27.4. The molecule has 2 aliphatic rings. The maximum atomic E-state index is 11.8. The fraction of sp³-hybridized carbons (Fsp3) is 0.778. The quantitative estimate of drug-likeness (QED) is 0.739. The van der Waals surface area contributed by atoms with Crippen molar-refractivity contribution in [1.29, 1.82) is 0 Å². The third-order valence-electron chi connectivity index (χ3n) is 2.90. The number of thioether (sulfide) groups is 1. The van der Waals surface area contributed by atoms with Gasteiger partial charge in [-0.2, -0.15) is 0 Å². The van der Waals surface area contributed by atoms with Crippen LogP contribution >= 0.6 is 11.8 Å². The lowest BCUT2D eigenvalue weighted by Gasteiger charge is -2.30. The van der Waals surface area contributed by atoms with E-state index in [9.17, 15) is 9.59 Å². The van der Waals surface area contributed by atoms with E-state index < -0.39 is 12.0 Å². The Morgan fingerprint density at radius 1 is 1.36 bits per heavy atom. The van der Waals surface area contributed by atoms with Crippen molar-refractivity contribution in [2.24, 2.45) is 5.92 Å². The lowest BCUT2D eigenvalue weighted by molar-refractivity contribution is -0.150. The van der Waals surface area contributed by atoms with Gasteiger partial charge >= 0.3 is 5.97 Å². The molecular weight excluding hydrogens is 202 g/mol. The van der Waals surface area contributed by atoms with Gasteiger partial charge in [-0.1, -0.05) is 6.42 Å². The summed E-state index contributed by atoms with van der Waals surface area (Å²) in [4.78, 5) is 24.2. The minimum absolute atomic E-state index is 0.0497. The third-order valence-corrected chi connectivity index (χ3v) is 3.92. The molecule has 1 amide bonds. The average molecular weight is 215 g/mol. The van der Waals surface area contributed by atoms with Gasteiger partial charge < -0.3 is 10.0 Å². The summed E-state index contributed by atoms with van der Waals surface area (Å²) in [7, 11) is 0. The number of hydrogen-bond donors (Lipinski definition) is 1. The Hall–Kier alpha value is -0.710. The highest BCUT2D eigenvalue weighted by atomic mass is 32.2. The molecule has 5 heteroatoms. The van der Waals surface area contributed by atoms with E-state index in [-0.39, 0.29) is 11.8 Å². The largest absolute Gasteiger partial charge is 0.480 e. The summed E-state index contributed by atoms with van der Waals surface area (Å²) in [5.74, 6) is 0.368. The molecule has 0 aromatic carbocycles. The van der Waals surface area contributed by atoms with Gasteiger partial charge in [-0.3, -0.25) is 4.79 Å². The maximum Gasteiger partial charge on any atom is 0.327 e. The van der Waals surface area contributed by atoms with E-state index in [1.807, 2.05) is 0 Å². The fourth-order valence-corrected chi connectivity index (χ4v) is 2.91. The first-order valence-electron chi connectivity index (χ1n) is 4.81. The van der Waals surface area contributed by atoms with Crippen LogP contribution in [0.25, 0.3) is 0 Å². The predicted octanol–water partition coefficient (Wildman–Crippen LogP) is 0.773. The first-order chi connectivity index (χ1) is 6.70. The van der Waals surface area contributed by atoms with E-state index in [4.69, 9.17) is 5.11 Å². The van der Waals surface area contributed by atoms with Gasteiger partial charge in [0.25, 0.3) is 0 Å². The van der Waals surface area contributed by atoms with Crippen LogP contribution in [-0.4, -0.2) is 39.6 Å². The first kappa shape index (κ1) is 9.83. The highest BCUT2D eigenvalue weighted by Crippen LogP contribution is 2.32. The number of nitrogens with zero attached hydrogens (tertiary/aromatic N) is 1. The molecule has 1 saturated heterocycles. The Morgan fingerprint density at radius 3 is 2.57 bits per heavy atom. The molecule has 1 heterocycles. The fourth-order valence-electron chi connectivity index (χ4n) is 1.75. The van der Waals surface area contributed by atoms with Crippen molar-refractivity contribution in [2.75, 3.05) is 11.6 Å². The summed E-state index contributed by atoms with van der Waals surface area (Å²) in [6.07, 6.45) is 2.98. The van der Waals surface area contributed by atoms with Gasteiger partial charge in [0.2, 0.25) is 5.91 Å². The summed E-state index contributed by atoms with van der Waals surface area (Å²) in [5, 5.41) is 8.90. The van der Waals surface area contributed by atoms with Crippen LogP contribution in [0.2, 0.25) is 0 Å². The molecule has 0 bridgehead atoms. The molecule has 0 radical (unpaired) electrons. The lowest BCUT2D eigenvalue weighted by atomic mass is 9.84. The standard InChI is InChI=1S/C9H13NO3S/c11-8(6-2-1-3-6)10-5-14-4-7(10)9(12)13/h6-7H,1-5H2,(H,12,13)/t7-/m1/s1. The number of aliphatic carboxylic acids is 1. The molecular formula is C9H13NO3S. The molecule has 0 unspecified atom stereocenters. The molecule has 0 aromatic heterocycles. The van der Waals surface area contributed by atoms with Gasteiger partial charge in [0, 0.05) is 11.7 Å². The second-order valence-corrected chi connectivity index (χ2v) is 4.79. The summed E-state index contributed by atoms with van der Waals surface area (Å²) in [6, 6.07) is -0.590. The Labute approximate surface area is 86.6 Å². The van der Waals surface area contributed by atoms with Gasteiger partial charge in [-0.15, -0.1) is 11.8 Å². The molecule has 4 nitrogen and oxygen atoms in total. The molecule has 78 valence electrons. The Morgan fingerprint density at radius 2 is 2.07 bits per heavy atom. The topological polar surface area (TPSA) is 57.6 Å². The van der Waals surface area contributed by atoms with Crippen molar-refractivity contribution in [3.8, 4) is 0 Å². The van der Waals surface area contributed by atoms with E-state index in [1.165, 1.54) is 16.7 Å². The molecule has 1 aliphatic heterocycles. The van der Waals surface area contributed by atoms with Gasteiger partial charge in [0.15, 0.2) is 0 Å². The van der Waals surface area contributed by atoms with E-state index in [1.54, 1.807) is 0 Å². The van der Waals surface area contributed by atoms with E-state index >= 15 is 0 Å². The second-order valence-electron chi connectivity index (χ2n) is 3.79. The smallest absolute Gasteiger partial charge is 0.327 e. The summed E-state index contributed by atoms with van der Waals surface area (Å²) in [5.41, 5.74) is 0. The van der Waals surface area contributed by atoms with Crippen LogP contribution in [0.5, 0.6) is 0 Å². The number of carbonyl (C=O) groups excluding carboxylic acids is 1. The summed E-state index contributed by atoms with van der Waals surface area (Å²) < 4.78 is 0. The molecule has 1 saturated carbocycles. The van der Waals surface area contributed by atoms with Crippen LogP contribution in [0.3, 0.4) is 0 Å². The molecule has 1 aliphatic carbocycles. The Bertz CT molecular complexity index is 265. The molecule has 0 spiro atoms. The van der Waals surface area contributed by atoms with E-state index in [0.717, 1.165) is 19.3 Å². The van der Waals surface area contributed by atoms with Crippen LogP contribution in [0, 0.1) is 5.92 Å². The van der Waals surface area contributed by atoms with Gasteiger partial charge in [0.05, 0.1) is 5.88 Å². The molecule has 2 fully saturated rings. The second kappa shape index (κ2) is 3.81. The van der Waals surface area contributed by atoms with E-state index in [0.29, 0.717) is 11.6 Å². The van der Waals surface area contributed by atoms with Crippen LogP contribution in [0.4, 0.5) is 0 Å². The van der Waals surface area contributed by atoms with Crippen molar-refractivity contribution in [1.82, 2.24) is 4.90 Å². The summed E-state index contributed by atoms with van der Waals surface area (Å²) in [6.45, 7) is 0. The van der Waals surface area contributed by atoms with Crippen LogP contribution in [0.15, 0.2) is 0 Å². The monoisotopic (exact) mass is 215 g/mol. The van der Waals surface area contributed by atoms with Crippen molar-refractivity contribution in [2.45, 2.75) is 25.3 Å². The number of amides is 1. The minimum Gasteiger partial charge on any atom is -0.480 e. The zero-order valence-electron chi connectivity index (χ0n) is 7.81. The molecule has 14 heavy (non-hydrogen) atoms. The first-order valence-corrected chi connectivity index (χ1v) is 5.96. The molecule has 0 aromatic rings. The zero-order chi connectivity index (χ0) is 10.1. The number of carboxylic acids is 1. The SMILES string of the molecule is O=C(O)[C@H]1CSCN1C(=O)C1CCC1. The Kier molecular flexibility index (Phi) is 2.67. The number of carbonyl (C=O) groups is 2. The Balaban J connectivity index is 2.01. The van der Waals surface area contributed by atoms with Crippen molar-refractivity contribution in [3.63, 3.8) is 0 Å². The number of rotatable bonds is 2. The lowest BCUT2D eigenvalue weighted by Crippen LogP contribution is -2.45. The third kappa shape index (κ3) is 1.61. The van der Waals surface area contributed by atoms with Gasteiger partial charge in [-0.25, -0.2) is 4.79 Å². The minimum atomic E-state index is -0.873. The molecule has 2 rings (SSSR count). The van der Waals surface area contributed by atoms with E-state index in [2.05, 4.69) is 0 Å². The van der Waals surface area contributed by atoms with Gasteiger partial charge in [0.1, 0.15) is 6.04 Å². The summed E-state index contributed by atoms with van der Waals surface area (Å²) >= 11 is 1.52. The maximum absolute atomic E-state index is 11.8. The van der Waals surface area contributed by atoms with Crippen LogP contribution in [0.1, 0.15) is 19.3 Å². The average Bonchev–Trinajstić information content (AvgIpc) is 2.47. The van der Waals surface area contributed by atoms with Crippen molar-refractivity contribution in [3.05, 3.63) is 0 Å².